The minimum absolute atomic E-state index is 0.0516. The Morgan fingerprint density at radius 2 is 1.08 bits per heavy atom. The maximum absolute atomic E-state index is 13.2. The number of aromatic nitrogens is 2. The Balaban J connectivity index is 1.28. The second-order valence-corrected chi connectivity index (χ2v) is 26.5. The number of hydrogen-bond acceptors (Lipinski definition) is 34. The molecule has 0 spiro atoms. The van der Waals surface area contributed by atoms with Gasteiger partial charge in [0.15, 0.2) is 22.9 Å². The number of benzene rings is 7. The van der Waals surface area contributed by atoms with E-state index in [9.17, 15) is 123 Å². The zero-order chi connectivity index (χ0) is 68.3. The fraction of sp³-hybridized carbons (Fsp3) is 0. The molecule has 0 unspecified atom stereocenters. The summed E-state index contributed by atoms with van der Waals surface area (Å²) in [6.07, 6.45) is 0. The third kappa shape index (κ3) is 13.8. The first-order valence-electron chi connectivity index (χ1n) is 22.9. The monoisotopic (exact) mass is 1420 g/mol. The zero-order valence-corrected chi connectivity index (χ0v) is 49.3. The van der Waals surface area contributed by atoms with Crippen molar-refractivity contribution < 1.29 is 128 Å². The Bertz CT molecular complexity index is 5420. The lowest BCUT2D eigenvalue weighted by Crippen LogP contribution is -2.03. The van der Waals surface area contributed by atoms with Crippen LogP contribution in [0, 0.1) is 20.2 Å². The number of phenols is 2. The SMILES string of the molecule is Nc1c(N=Nc2ccc3c(O)c(N=Nc4cc(/N=N/c5c(C(=O)O)nn(-c6ccc(S(=O)(=O)O)cc6)c5O)c(S(=O)(=O)O)cc4[N+](=O)[O-])c(S(=O)(=O)O)cc3c2S(=O)(=O)O)cc(S(=O)(=O)O)c2cc(SOOO)c(N=Nc3ccc([N+](=O)[O-])cc3S(=O)(=O)O)c(O)c12. The van der Waals surface area contributed by atoms with Gasteiger partial charge in [0.2, 0.25) is 11.6 Å². The second kappa shape index (κ2) is 24.6. The molecular formula is C42H27N13O30S7. The molecule has 7 aromatic carbocycles. The minimum atomic E-state index is -5.89. The lowest BCUT2D eigenvalue weighted by Gasteiger charge is -2.15. The van der Waals surface area contributed by atoms with Crippen LogP contribution in [0.5, 0.6) is 17.4 Å². The summed E-state index contributed by atoms with van der Waals surface area (Å²) >= 11 is -0.0780. The van der Waals surface area contributed by atoms with Crippen molar-refractivity contribution in [3.05, 3.63) is 111 Å². The number of carboxylic acid groups (broad SMARTS) is 1. The first-order valence-corrected chi connectivity index (χ1v) is 32.3. The number of fused-ring (bicyclic) bond motifs is 2. The number of hydrogen-bond donors (Lipinski definition) is 12. The highest BCUT2D eigenvalue weighted by atomic mass is 32.2. The van der Waals surface area contributed by atoms with Gasteiger partial charge in [-0.1, -0.05) is 5.04 Å². The molecule has 0 atom stereocenters. The number of nitrogen functional groups attached to an aromatic ring is 1. The number of phenolic OH excluding ortho intramolecular Hbond substituents is 2. The van der Waals surface area contributed by atoms with Crippen molar-refractivity contribution in [2.75, 3.05) is 5.73 Å². The maximum atomic E-state index is 13.2. The summed E-state index contributed by atoms with van der Waals surface area (Å²) in [6, 6.07) is 8.04. The molecule has 0 saturated carbocycles. The molecule has 8 aromatic rings. The number of rotatable bonds is 21. The third-order valence-corrected chi connectivity index (χ3v) is 17.8. The van der Waals surface area contributed by atoms with Gasteiger partial charge in [-0.15, -0.1) is 45.2 Å². The number of aromatic hydroxyl groups is 3. The highest BCUT2D eigenvalue weighted by Crippen LogP contribution is 2.52. The van der Waals surface area contributed by atoms with E-state index in [0.29, 0.717) is 47.1 Å². The molecule has 43 nitrogen and oxygen atoms in total. The van der Waals surface area contributed by atoms with Crippen LogP contribution in [0.15, 0.2) is 160 Å². The number of nitrogens with zero attached hydrogens (tertiary/aromatic N) is 12. The summed E-state index contributed by atoms with van der Waals surface area (Å²) in [5, 5.41) is 108. The topological polar surface area (TPSA) is 692 Å². The van der Waals surface area contributed by atoms with Gasteiger partial charge in [0, 0.05) is 40.4 Å². The highest BCUT2D eigenvalue weighted by Gasteiger charge is 2.32. The van der Waals surface area contributed by atoms with Crippen LogP contribution in [0.4, 0.5) is 62.6 Å². The van der Waals surface area contributed by atoms with Crippen LogP contribution in [0.3, 0.4) is 0 Å². The fourth-order valence-corrected chi connectivity index (χ4v) is 12.4. The Kier molecular flexibility index (Phi) is 18.1. The van der Waals surface area contributed by atoms with Gasteiger partial charge in [0.05, 0.1) is 48.4 Å². The van der Waals surface area contributed by atoms with E-state index in [1.807, 2.05) is 0 Å². The molecule has 8 rings (SSSR count). The number of nitrogens with two attached hydrogens (primary N) is 1. The van der Waals surface area contributed by atoms with Crippen LogP contribution < -0.4 is 5.73 Å². The van der Waals surface area contributed by atoms with Gasteiger partial charge >= 0.3 is 5.97 Å². The number of nitro groups is 2. The number of aromatic carboxylic acids is 1. The van der Waals surface area contributed by atoms with Crippen LogP contribution in [0.1, 0.15) is 10.5 Å². The first-order chi connectivity index (χ1) is 42.5. The van der Waals surface area contributed by atoms with E-state index in [-0.39, 0.29) is 35.9 Å². The summed E-state index contributed by atoms with van der Waals surface area (Å²) in [5.41, 5.74) is -7.20. The van der Waals surface area contributed by atoms with Gasteiger partial charge in [-0.2, -0.15) is 60.3 Å². The molecule has 0 aliphatic heterocycles. The largest absolute Gasteiger partial charge is 0.505 e. The summed E-state index contributed by atoms with van der Waals surface area (Å²) in [4.78, 5) is 24.9. The number of anilines is 1. The number of carboxylic acids is 1. The van der Waals surface area contributed by atoms with Gasteiger partial charge < -0.3 is 26.2 Å². The zero-order valence-electron chi connectivity index (χ0n) is 43.6. The fourth-order valence-electron chi connectivity index (χ4n) is 8.00. The maximum Gasteiger partial charge on any atom is 0.358 e. The van der Waals surface area contributed by atoms with Crippen molar-refractivity contribution in [3.63, 3.8) is 0 Å². The van der Waals surface area contributed by atoms with Crippen molar-refractivity contribution >= 4 is 163 Å². The molecule has 0 aliphatic rings. The average molecular weight is 1420 g/mol. The summed E-state index contributed by atoms with van der Waals surface area (Å²) in [6.45, 7) is 0. The standard InChI is InChI=1S/C42H27N13O30S7/c43-33-25(13-28(88(69,70)71)20-10-27(86-85-84-65)34(39(57)32(20)33)49-44-21-7-3-16(54(61)62)9-29(21)89(72,73)74)48-45-22-8-6-18-19(40(22)92(81,82)83)11-31(91(78,79)80)35(38(18)56)50-46-23-12-24(30(90(75,76)77)14-26(23)55(63)64)47-51-36-37(42(59)60)52-53(41(36)58)15-1-4-17(5-2-15)87(66,67)68/h1-14,56-58,65H,43H2,(H,59,60)(H,66,67,68)(H,69,70,71)(H,72,73,74)(H,75,76,77)(H,78,79,80)(H,81,82,83)/b48-45?,49-44?,50-46?,51-47+. The first kappa shape index (κ1) is 67.8. The Hall–Kier alpha value is -10.2. The van der Waals surface area contributed by atoms with Crippen molar-refractivity contribution in [3.8, 4) is 23.1 Å². The second-order valence-electron chi connectivity index (χ2n) is 17.5. The van der Waals surface area contributed by atoms with E-state index in [0.717, 1.165) is 24.3 Å². The molecule has 92 heavy (non-hydrogen) atoms. The van der Waals surface area contributed by atoms with Crippen LogP contribution in [-0.4, -0.2) is 129 Å². The smallest absolute Gasteiger partial charge is 0.358 e. The van der Waals surface area contributed by atoms with Crippen LogP contribution in [0.25, 0.3) is 27.2 Å². The van der Waals surface area contributed by atoms with Crippen molar-refractivity contribution in [2.45, 2.75) is 34.3 Å². The van der Waals surface area contributed by atoms with Crippen molar-refractivity contribution in [2.24, 2.45) is 40.9 Å². The van der Waals surface area contributed by atoms with E-state index >= 15 is 0 Å². The summed E-state index contributed by atoms with van der Waals surface area (Å²) in [5.74, 6) is -5.99. The Labute approximate surface area is 512 Å². The van der Waals surface area contributed by atoms with Gasteiger partial charge in [-0.25, -0.2) is 10.1 Å². The van der Waals surface area contributed by atoms with Crippen LogP contribution in [0.2, 0.25) is 0 Å². The predicted octanol–water partition coefficient (Wildman–Crippen LogP) is 7.96. The molecule has 0 fully saturated rings. The molecule has 0 saturated heterocycles. The number of azo groups is 4. The third-order valence-electron chi connectivity index (χ3n) is 11.9. The highest BCUT2D eigenvalue weighted by molar-refractivity contribution is 7.94. The van der Waals surface area contributed by atoms with E-state index in [2.05, 4.69) is 55.4 Å². The van der Waals surface area contributed by atoms with Gasteiger partial charge in [-0.05, 0) is 60.7 Å². The van der Waals surface area contributed by atoms with Crippen molar-refractivity contribution in [1.82, 2.24) is 9.78 Å². The van der Waals surface area contributed by atoms with E-state index in [1.54, 1.807) is 0 Å². The number of non-ortho nitro benzene ring substituents is 1. The van der Waals surface area contributed by atoms with E-state index < -0.39 is 218 Å². The van der Waals surface area contributed by atoms with Gasteiger partial charge in [-0.3, -0.25) is 47.5 Å². The molecule has 0 bridgehead atoms. The van der Waals surface area contributed by atoms with Crippen LogP contribution >= 0.6 is 12.0 Å². The normalized spacial score (nSPS) is 13.0. The number of carbonyl (C=O) groups is 1. The lowest BCUT2D eigenvalue weighted by atomic mass is 10.0. The van der Waals surface area contributed by atoms with E-state index in [1.165, 1.54) is 0 Å². The quantitative estimate of drug-likeness (QED) is 0.00617. The molecule has 0 amide bonds. The van der Waals surface area contributed by atoms with E-state index in [4.69, 9.17) is 11.0 Å². The molecule has 482 valence electrons. The van der Waals surface area contributed by atoms with Gasteiger partial charge in [0.1, 0.15) is 58.6 Å². The van der Waals surface area contributed by atoms with Crippen LogP contribution in [-0.2, 0) is 70.1 Å². The molecular weight excluding hydrogens is 1390 g/mol. The molecule has 0 aliphatic carbocycles. The Morgan fingerprint density at radius 3 is 1.63 bits per heavy atom. The molecule has 50 heteroatoms. The van der Waals surface area contributed by atoms with Crippen molar-refractivity contribution in [1.29, 1.82) is 0 Å². The van der Waals surface area contributed by atoms with Gasteiger partial charge in [0.25, 0.3) is 72.1 Å². The molecule has 1 aromatic heterocycles. The number of nitro benzene ring substituents is 2. The predicted molar refractivity (Wildman–Crippen MR) is 300 cm³/mol. The summed E-state index contributed by atoms with van der Waals surface area (Å²) in [7, 11) is -33.0. The average Bonchev–Trinajstić information content (AvgIpc) is 0.945. The molecule has 13 N–H and O–H groups in total. The minimum Gasteiger partial charge on any atom is -0.505 e. The molecule has 0 radical (unpaired) electrons. The summed E-state index contributed by atoms with van der Waals surface area (Å²) < 4.78 is 216. The lowest BCUT2D eigenvalue weighted by molar-refractivity contribution is -0.432. The molecule has 1 heterocycles. The Morgan fingerprint density at radius 1 is 0.533 bits per heavy atom.